The van der Waals surface area contributed by atoms with Gasteiger partial charge in [0.15, 0.2) is 0 Å². The van der Waals surface area contributed by atoms with E-state index in [-0.39, 0.29) is 4.90 Å². The van der Waals surface area contributed by atoms with Gasteiger partial charge in [-0.2, -0.15) is 0 Å². The Kier molecular flexibility index (Phi) is 6.20. The number of hydrogen-bond donors (Lipinski definition) is 2. The number of rotatable bonds is 8. The largest absolute Gasteiger partial charge is 0.370 e. The highest BCUT2D eigenvalue weighted by molar-refractivity contribution is 7.89. The lowest BCUT2D eigenvalue weighted by Crippen LogP contribution is -2.31. The number of sulfonamides is 1. The summed E-state index contributed by atoms with van der Waals surface area (Å²) in [6.07, 6.45) is 2.36. The van der Waals surface area contributed by atoms with Crippen LogP contribution in [0.5, 0.6) is 0 Å². The van der Waals surface area contributed by atoms with Gasteiger partial charge >= 0.3 is 0 Å². The van der Waals surface area contributed by atoms with Crippen LogP contribution in [0.1, 0.15) is 13.3 Å². The van der Waals surface area contributed by atoms with E-state index >= 15 is 0 Å². The minimum Gasteiger partial charge on any atom is -0.370 e. The second-order valence-electron chi connectivity index (χ2n) is 4.51. The SMILES string of the molecule is CCCNc1ccc(S(=O)(=O)NCCN(C)C)cn1. The van der Waals surface area contributed by atoms with Crippen LogP contribution in [0.2, 0.25) is 0 Å². The molecule has 0 fully saturated rings. The predicted octanol–water partition coefficient (Wildman–Crippen LogP) is 0.743. The monoisotopic (exact) mass is 286 g/mol. The van der Waals surface area contributed by atoms with Gasteiger partial charge in [-0.1, -0.05) is 6.92 Å². The molecule has 0 aliphatic carbocycles. The van der Waals surface area contributed by atoms with Crippen LogP contribution in [0, 0.1) is 0 Å². The van der Waals surface area contributed by atoms with Gasteiger partial charge in [0.2, 0.25) is 10.0 Å². The number of anilines is 1. The van der Waals surface area contributed by atoms with Crippen LogP contribution < -0.4 is 10.0 Å². The molecular formula is C12H22N4O2S. The lowest BCUT2D eigenvalue weighted by atomic mass is 10.4. The molecule has 0 saturated carbocycles. The van der Waals surface area contributed by atoms with Gasteiger partial charge in [0.1, 0.15) is 10.7 Å². The summed E-state index contributed by atoms with van der Waals surface area (Å²) in [6, 6.07) is 3.24. The second-order valence-corrected chi connectivity index (χ2v) is 6.27. The van der Waals surface area contributed by atoms with Crippen LogP contribution in [0.3, 0.4) is 0 Å². The first-order chi connectivity index (χ1) is 8.95. The number of likely N-dealkylation sites (N-methyl/N-ethyl adjacent to an activating group) is 1. The molecule has 0 aliphatic heterocycles. The minimum atomic E-state index is -3.46. The fraction of sp³-hybridized carbons (Fsp3) is 0.583. The van der Waals surface area contributed by atoms with Crippen molar-refractivity contribution in [3.8, 4) is 0 Å². The van der Waals surface area contributed by atoms with E-state index in [1.807, 2.05) is 19.0 Å². The van der Waals surface area contributed by atoms with Crippen LogP contribution in [0.25, 0.3) is 0 Å². The first kappa shape index (κ1) is 15.9. The summed E-state index contributed by atoms with van der Waals surface area (Å²) in [7, 11) is 0.326. The third-order valence-corrected chi connectivity index (χ3v) is 3.90. The topological polar surface area (TPSA) is 74.3 Å². The maximum Gasteiger partial charge on any atom is 0.242 e. The lowest BCUT2D eigenvalue weighted by molar-refractivity contribution is 0.412. The molecule has 7 heteroatoms. The van der Waals surface area contributed by atoms with Gasteiger partial charge in [0.05, 0.1) is 0 Å². The molecule has 0 aromatic carbocycles. The lowest BCUT2D eigenvalue weighted by Gasteiger charge is -2.11. The molecule has 0 amide bonds. The number of hydrogen-bond acceptors (Lipinski definition) is 5. The third-order valence-electron chi connectivity index (χ3n) is 2.45. The molecule has 0 aliphatic rings. The van der Waals surface area contributed by atoms with Gasteiger partial charge in [-0.15, -0.1) is 0 Å². The van der Waals surface area contributed by atoms with Crippen molar-refractivity contribution >= 4 is 15.8 Å². The zero-order valence-corrected chi connectivity index (χ0v) is 12.5. The Morgan fingerprint density at radius 1 is 1.26 bits per heavy atom. The fourth-order valence-corrected chi connectivity index (χ4v) is 2.35. The fourth-order valence-electron chi connectivity index (χ4n) is 1.38. The molecular weight excluding hydrogens is 264 g/mol. The van der Waals surface area contributed by atoms with Crippen LogP contribution in [0.4, 0.5) is 5.82 Å². The van der Waals surface area contributed by atoms with Crippen molar-refractivity contribution in [1.29, 1.82) is 0 Å². The van der Waals surface area contributed by atoms with Crippen LogP contribution in [-0.4, -0.2) is 52.0 Å². The highest BCUT2D eigenvalue weighted by Crippen LogP contribution is 2.10. The molecule has 2 N–H and O–H groups in total. The Morgan fingerprint density at radius 2 is 2.00 bits per heavy atom. The zero-order valence-electron chi connectivity index (χ0n) is 11.7. The summed E-state index contributed by atoms with van der Waals surface area (Å²) in [5.74, 6) is 0.689. The van der Waals surface area contributed by atoms with Gasteiger partial charge in [0.25, 0.3) is 0 Å². The summed E-state index contributed by atoms with van der Waals surface area (Å²) in [5, 5.41) is 3.10. The Hall–Kier alpha value is -1.18. The van der Waals surface area contributed by atoms with Gasteiger partial charge in [-0.05, 0) is 32.6 Å². The smallest absolute Gasteiger partial charge is 0.242 e. The maximum atomic E-state index is 11.9. The minimum absolute atomic E-state index is 0.188. The quantitative estimate of drug-likeness (QED) is 0.737. The maximum absolute atomic E-state index is 11.9. The Bertz CT molecular complexity index is 471. The van der Waals surface area contributed by atoms with Crippen molar-refractivity contribution in [2.45, 2.75) is 18.2 Å². The van der Waals surface area contributed by atoms with Gasteiger partial charge in [-0.25, -0.2) is 18.1 Å². The van der Waals surface area contributed by atoms with Crippen molar-refractivity contribution in [1.82, 2.24) is 14.6 Å². The van der Waals surface area contributed by atoms with Crippen molar-refractivity contribution < 1.29 is 8.42 Å². The summed E-state index contributed by atoms with van der Waals surface area (Å²) >= 11 is 0. The van der Waals surface area contributed by atoms with E-state index in [0.29, 0.717) is 18.9 Å². The molecule has 1 rings (SSSR count). The molecule has 1 aromatic rings. The highest BCUT2D eigenvalue weighted by Gasteiger charge is 2.13. The summed E-state index contributed by atoms with van der Waals surface area (Å²) in [5.41, 5.74) is 0. The molecule has 0 unspecified atom stereocenters. The molecule has 0 bridgehead atoms. The molecule has 0 radical (unpaired) electrons. The average molecular weight is 286 g/mol. The van der Waals surface area contributed by atoms with E-state index in [1.165, 1.54) is 6.20 Å². The molecule has 6 nitrogen and oxygen atoms in total. The van der Waals surface area contributed by atoms with E-state index in [2.05, 4.69) is 21.9 Å². The van der Waals surface area contributed by atoms with Crippen molar-refractivity contribution in [3.63, 3.8) is 0 Å². The Morgan fingerprint density at radius 3 is 2.53 bits per heavy atom. The summed E-state index contributed by atoms with van der Waals surface area (Å²) in [4.78, 5) is 6.19. The number of aromatic nitrogens is 1. The van der Waals surface area contributed by atoms with Gasteiger partial charge < -0.3 is 10.2 Å². The summed E-state index contributed by atoms with van der Waals surface area (Å²) < 4.78 is 26.4. The highest BCUT2D eigenvalue weighted by atomic mass is 32.2. The van der Waals surface area contributed by atoms with Crippen LogP contribution in [0.15, 0.2) is 23.2 Å². The van der Waals surface area contributed by atoms with Crippen LogP contribution in [-0.2, 0) is 10.0 Å². The molecule has 0 atom stereocenters. The molecule has 108 valence electrons. The number of nitrogens with zero attached hydrogens (tertiary/aromatic N) is 2. The van der Waals surface area contributed by atoms with E-state index in [9.17, 15) is 8.42 Å². The van der Waals surface area contributed by atoms with Crippen molar-refractivity contribution in [3.05, 3.63) is 18.3 Å². The normalized spacial score (nSPS) is 11.8. The molecule has 19 heavy (non-hydrogen) atoms. The third kappa shape index (κ3) is 5.54. The molecule has 1 heterocycles. The van der Waals surface area contributed by atoms with E-state index in [1.54, 1.807) is 12.1 Å². The van der Waals surface area contributed by atoms with Gasteiger partial charge in [-0.3, -0.25) is 0 Å². The van der Waals surface area contributed by atoms with E-state index in [0.717, 1.165) is 13.0 Å². The van der Waals surface area contributed by atoms with Crippen molar-refractivity contribution in [2.24, 2.45) is 0 Å². The van der Waals surface area contributed by atoms with E-state index in [4.69, 9.17) is 0 Å². The Labute approximate surface area is 115 Å². The molecule has 0 spiro atoms. The molecule has 0 saturated heterocycles. The van der Waals surface area contributed by atoms with E-state index < -0.39 is 10.0 Å². The van der Waals surface area contributed by atoms with Crippen molar-refractivity contribution in [2.75, 3.05) is 39.0 Å². The Balaban J connectivity index is 2.63. The zero-order chi connectivity index (χ0) is 14.3. The second kappa shape index (κ2) is 7.42. The van der Waals surface area contributed by atoms with Gasteiger partial charge in [0, 0.05) is 25.8 Å². The number of nitrogens with one attached hydrogen (secondary N) is 2. The average Bonchev–Trinajstić information content (AvgIpc) is 2.36. The number of pyridine rings is 1. The predicted molar refractivity (Wildman–Crippen MR) is 76.8 cm³/mol. The summed E-state index contributed by atoms with van der Waals surface area (Å²) in [6.45, 7) is 3.91. The standard InChI is InChI=1S/C12H22N4O2S/c1-4-7-13-12-6-5-11(10-14-12)19(17,18)15-8-9-16(2)3/h5-6,10,15H,4,7-9H2,1-3H3,(H,13,14). The first-order valence-electron chi connectivity index (χ1n) is 6.30. The van der Waals surface area contributed by atoms with Crippen LogP contribution >= 0.6 is 0 Å². The first-order valence-corrected chi connectivity index (χ1v) is 7.78. The molecule has 1 aromatic heterocycles.